The maximum absolute atomic E-state index is 14.2. The molecule has 0 spiro atoms. The molecule has 6 aromatic carbocycles. The van der Waals surface area contributed by atoms with Crippen molar-refractivity contribution in [1.82, 2.24) is 0 Å². The number of thiazole rings is 1. The summed E-state index contributed by atoms with van der Waals surface area (Å²) in [7, 11) is 0. The van der Waals surface area contributed by atoms with Gasteiger partial charge in [-0.25, -0.2) is 0 Å². The lowest BCUT2D eigenvalue weighted by Crippen LogP contribution is -2.75. The second-order valence-electron chi connectivity index (χ2n) is 17.3. The van der Waals surface area contributed by atoms with Gasteiger partial charge in [-0.2, -0.15) is 127 Å². The molecule has 0 N–H and O–H groups in total. The predicted octanol–water partition coefficient (Wildman–Crippen LogP) is 15.2. The molecule has 0 aliphatic heterocycles. The van der Waals surface area contributed by atoms with E-state index in [0.29, 0.717) is 0 Å². The summed E-state index contributed by atoms with van der Waals surface area (Å²) in [4.78, 5) is 0. The number of rotatable bonds is 8. The summed E-state index contributed by atoms with van der Waals surface area (Å²) in [5.41, 5.74) is -27.7. The lowest BCUT2D eigenvalue weighted by molar-refractivity contribution is -0.664. The topological polar surface area (TPSA) is 13.1 Å². The van der Waals surface area contributed by atoms with E-state index in [1.807, 2.05) is 6.07 Å². The number of ether oxygens (including phenoxy) is 1. The van der Waals surface area contributed by atoms with Crippen LogP contribution in [0.2, 0.25) is 0 Å². The number of aromatic nitrogens is 1. The number of benzene rings is 6. The van der Waals surface area contributed by atoms with Crippen LogP contribution in [0, 0.1) is 0 Å². The minimum absolute atomic E-state index is 0.185. The fraction of sp³-hybridized carbons (Fsp3) is 0.245. The van der Waals surface area contributed by atoms with Gasteiger partial charge in [-0.3, -0.25) is 0 Å². The van der Waals surface area contributed by atoms with E-state index in [-0.39, 0.29) is 6.10 Å². The third-order valence-corrected chi connectivity index (χ3v) is 12.6. The molecule has 2 nitrogen and oxygen atoms in total. The molecular formula is C49H30BF24NOS. The third kappa shape index (κ3) is 13.6. The highest BCUT2D eigenvalue weighted by Crippen LogP contribution is 2.41. The van der Waals surface area contributed by atoms with Gasteiger partial charge in [-0.1, -0.05) is 91.0 Å². The van der Waals surface area contributed by atoms with E-state index in [1.165, 1.54) is 15.8 Å². The number of alkyl halides is 24. The van der Waals surface area contributed by atoms with Crippen LogP contribution in [-0.2, 0) is 56.0 Å². The van der Waals surface area contributed by atoms with Crippen molar-refractivity contribution in [2.24, 2.45) is 0 Å². The Morgan fingerprint density at radius 2 is 0.636 bits per heavy atom. The zero-order valence-electron chi connectivity index (χ0n) is 38.3. The van der Waals surface area contributed by atoms with Crippen molar-refractivity contribution in [2.75, 3.05) is 0 Å². The van der Waals surface area contributed by atoms with Crippen molar-refractivity contribution in [3.63, 3.8) is 0 Å². The molecular weight excluding hydrogens is 1120 g/mol. The van der Waals surface area contributed by atoms with Gasteiger partial charge in [0.2, 0.25) is 5.52 Å². The van der Waals surface area contributed by atoms with Gasteiger partial charge < -0.3 is 4.74 Å². The predicted molar refractivity (Wildman–Crippen MR) is 233 cm³/mol. The van der Waals surface area contributed by atoms with Crippen molar-refractivity contribution in [3.8, 4) is 5.19 Å². The van der Waals surface area contributed by atoms with Crippen molar-refractivity contribution in [1.29, 1.82) is 0 Å². The number of fused-ring (bicyclic) bond motifs is 1. The molecule has 414 valence electrons. The Balaban J connectivity index is 0.000000397. The highest BCUT2D eigenvalue weighted by atomic mass is 32.1. The van der Waals surface area contributed by atoms with Gasteiger partial charge in [0.05, 0.1) is 44.5 Å². The van der Waals surface area contributed by atoms with E-state index in [0.717, 1.165) is 11.7 Å². The lowest BCUT2D eigenvalue weighted by Gasteiger charge is -2.46. The van der Waals surface area contributed by atoms with Gasteiger partial charge in [0.1, 0.15) is 16.9 Å². The molecule has 0 fully saturated rings. The van der Waals surface area contributed by atoms with Crippen LogP contribution < -0.4 is 31.2 Å². The second-order valence-corrected chi connectivity index (χ2v) is 18.3. The van der Waals surface area contributed by atoms with E-state index in [9.17, 15) is 105 Å². The average molecular weight is 1150 g/mol. The smallest absolute Gasteiger partial charge is 0.431 e. The Hall–Kier alpha value is -6.61. The van der Waals surface area contributed by atoms with Crippen LogP contribution in [0.15, 0.2) is 127 Å². The van der Waals surface area contributed by atoms with Crippen LogP contribution in [0.4, 0.5) is 105 Å². The Morgan fingerprint density at radius 1 is 0.377 bits per heavy atom. The number of para-hydroxylation sites is 1. The molecule has 1 aromatic heterocycles. The summed E-state index contributed by atoms with van der Waals surface area (Å²) >= 11 is 1.71. The van der Waals surface area contributed by atoms with Crippen LogP contribution in [0.3, 0.4) is 0 Å². The third-order valence-electron chi connectivity index (χ3n) is 11.5. The fourth-order valence-corrected chi connectivity index (χ4v) is 9.42. The first-order valence-corrected chi connectivity index (χ1v) is 22.3. The maximum Gasteiger partial charge on any atom is 0.431 e. The summed E-state index contributed by atoms with van der Waals surface area (Å²) in [6, 6.07) is 10.1. The van der Waals surface area contributed by atoms with Gasteiger partial charge >= 0.3 is 54.6 Å². The van der Waals surface area contributed by atoms with E-state index < -0.39 is 195 Å². The molecule has 0 atom stereocenters. The van der Waals surface area contributed by atoms with E-state index in [4.69, 9.17) is 4.74 Å². The van der Waals surface area contributed by atoms with Gasteiger partial charge in [0, 0.05) is 11.6 Å². The van der Waals surface area contributed by atoms with Gasteiger partial charge in [-0.15, -0.1) is 4.57 Å². The molecule has 0 saturated carbocycles. The van der Waals surface area contributed by atoms with Gasteiger partial charge in [0.25, 0.3) is 0 Å². The molecule has 0 amide bonds. The second kappa shape index (κ2) is 20.6. The highest BCUT2D eigenvalue weighted by Gasteiger charge is 2.47. The lowest BCUT2D eigenvalue weighted by atomic mass is 9.12. The first-order valence-electron chi connectivity index (χ1n) is 21.5. The molecule has 77 heavy (non-hydrogen) atoms. The molecule has 28 heteroatoms. The van der Waals surface area contributed by atoms with E-state index in [1.54, 1.807) is 11.3 Å². The Bertz CT molecular complexity index is 2790. The first kappa shape index (κ1) is 59.6. The van der Waals surface area contributed by atoms with Gasteiger partial charge in [0.15, 0.2) is 6.54 Å². The van der Waals surface area contributed by atoms with Crippen LogP contribution in [-0.4, -0.2) is 12.2 Å². The molecule has 1 heterocycles. The van der Waals surface area contributed by atoms with E-state index >= 15 is 0 Å². The van der Waals surface area contributed by atoms with Crippen LogP contribution in [0.5, 0.6) is 5.19 Å². The molecule has 0 aliphatic carbocycles. The maximum atomic E-state index is 14.2. The molecule has 0 aliphatic rings. The summed E-state index contributed by atoms with van der Waals surface area (Å²) in [6.07, 6.45) is -54.6. The van der Waals surface area contributed by atoms with Crippen molar-refractivity contribution in [2.45, 2.75) is 75.9 Å². The normalized spacial score (nSPS) is 13.5. The zero-order valence-corrected chi connectivity index (χ0v) is 39.1. The summed E-state index contributed by atoms with van der Waals surface area (Å²) in [5, 5.41) is 0.977. The molecule has 7 rings (SSSR count). The highest BCUT2D eigenvalue weighted by molar-refractivity contribution is 7.20. The van der Waals surface area contributed by atoms with Crippen LogP contribution >= 0.6 is 11.3 Å². The van der Waals surface area contributed by atoms with Gasteiger partial charge in [-0.05, 0) is 55.5 Å². The Labute approximate surface area is 422 Å². The van der Waals surface area contributed by atoms with Crippen LogP contribution in [0.1, 0.15) is 63.9 Å². The minimum atomic E-state index is -6.13. The Kier molecular flexibility index (Phi) is 16.0. The number of halogens is 24. The number of hydrogen-bond donors (Lipinski definition) is 0. The average Bonchev–Trinajstić information content (AvgIpc) is 3.62. The molecule has 0 saturated heterocycles. The van der Waals surface area contributed by atoms with Crippen molar-refractivity contribution < 1.29 is 115 Å². The summed E-state index contributed by atoms with van der Waals surface area (Å²) < 4.78 is 350. The quantitative estimate of drug-likeness (QED) is 0.0840. The SMILES string of the molecule is CC(C)Oc1sc2ccccc2[n+]1Cc1ccccc1.FC(F)(F)c1cc([B-](c2cc(C(F)(F)F)cc(C(F)(F)F)c2)(c2cc(C(F)(F)F)cc(C(F)(F)F)c2)c2cc(C(F)(F)F)cc(C(F)(F)F)c2)cc(C(F)(F)F)c1. The van der Waals surface area contributed by atoms with Crippen LogP contribution in [0.25, 0.3) is 10.2 Å². The summed E-state index contributed by atoms with van der Waals surface area (Å²) in [5.74, 6) is 0. The zero-order chi connectivity index (χ0) is 57.9. The monoisotopic (exact) mass is 1150 g/mol. The van der Waals surface area contributed by atoms with Crippen molar-refractivity contribution in [3.05, 3.63) is 177 Å². The molecule has 0 bridgehead atoms. The Morgan fingerprint density at radius 3 is 0.896 bits per heavy atom. The standard InChI is InChI=1S/C32H12BF24.C17H18NOS/c34-25(35,36)13-1-14(26(37,38)39)6-21(5-13)33(22-7-15(27(40,41)42)2-16(8-22)28(43,44)45,23-9-17(29(46,47)48)3-18(10-23)30(49,50)51)24-11-19(31(52,53)54)4-20(12-24)32(55,56)57;1-13(2)19-17-18(12-14-8-4-3-5-9-14)15-10-6-7-11-16(15)20-17/h1-12H;3-11,13H,12H2,1-2H3/q-1;+1. The molecule has 0 radical (unpaired) electrons. The largest absolute Gasteiger partial charge is 0.433 e. The van der Waals surface area contributed by atoms with E-state index in [2.05, 4.69) is 66.9 Å². The fourth-order valence-electron chi connectivity index (χ4n) is 8.29. The number of nitrogens with zero attached hydrogens (tertiary/aromatic N) is 1. The minimum Gasteiger partial charge on any atom is -0.433 e. The molecule has 0 unspecified atom stereocenters. The van der Waals surface area contributed by atoms with Crippen molar-refractivity contribution >= 4 is 49.6 Å². The first-order chi connectivity index (χ1) is 35.0. The summed E-state index contributed by atoms with van der Waals surface area (Å²) in [6.45, 7) is 4.97. The molecule has 7 aromatic rings. The number of hydrogen-bond acceptors (Lipinski definition) is 2.